The molecular formula is C22H23N7O2. The van der Waals surface area contributed by atoms with Crippen LogP contribution in [-0.4, -0.2) is 68.6 Å². The summed E-state index contributed by atoms with van der Waals surface area (Å²) < 4.78 is 7.32. The van der Waals surface area contributed by atoms with Crippen molar-refractivity contribution in [2.45, 2.75) is 6.42 Å². The lowest BCUT2D eigenvalue weighted by Crippen LogP contribution is -2.44. The van der Waals surface area contributed by atoms with E-state index in [0.717, 1.165) is 48.2 Å². The maximum Gasteiger partial charge on any atom is 0.297 e. The molecule has 0 amide bonds. The van der Waals surface area contributed by atoms with Crippen molar-refractivity contribution in [2.75, 3.05) is 38.1 Å². The number of nitrogens with zero attached hydrogens (tertiary/aromatic N) is 7. The summed E-state index contributed by atoms with van der Waals surface area (Å²) in [6.07, 6.45) is 7.01. The van der Waals surface area contributed by atoms with Gasteiger partial charge in [0.15, 0.2) is 5.78 Å². The summed E-state index contributed by atoms with van der Waals surface area (Å²) in [5.74, 6) is 0.303. The number of piperazine rings is 1. The lowest BCUT2D eigenvalue weighted by Gasteiger charge is -2.31. The molecule has 3 aromatic heterocycles. The summed E-state index contributed by atoms with van der Waals surface area (Å²) in [5, 5.41) is 5.14. The van der Waals surface area contributed by atoms with Gasteiger partial charge in [0.1, 0.15) is 17.8 Å². The van der Waals surface area contributed by atoms with Gasteiger partial charge in [-0.2, -0.15) is 10.1 Å². The molecule has 0 saturated carbocycles. The predicted octanol–water partition coefficient (Wildman–Crippen LogP) is 2.20. The SMILES string of the molecule is CN1CCN(c2nc(C(=O)Cc3ncc4ccc(-c5cnn(C)c5)cc4n3)co2)CC1. The highest BCUT2D eigenvalue weighted by atomic mass is 16.4. The third-order valence-corrected chi connectivity index (χ3v) is 5.54. The molecule has 1 fully saturated rings. The maximum absolute atomic E-state index is 12.7. The van der Waals surface area contributed by atoms with Gasteiger partial charge in [0.05, 0.1) is 18.1 Å². The smallest absolute Gasteiger partial charge is 0.297 e. The van der Waals surface area contributed by atoms with Gasteiger partial charge in [-0.05, 0) is 18.7 Å². The number of rotatable bonds is 5. The summed E-state index contributed by atoms with van der Waals surface area (Å²) in [5.41, 5.74) is 3.13. The Bertz CT molecular complexity index is 1240. The van der Waals surface area contributed by atoms with E-state index in [1.54, 1.807) is 10.9 Å². The molecule has 4 aromatic rings. The van der Waals surface area contributed by atoms with E-state index in [0.29, 0.717) is 17.5 Å². The Balaban J connectivity index is 1.33. The Kier molecular flexibility index (Phi) is 4.95. The summed E-state index contributed by atoms with van der Waals surface area (Å²) in [4.78, 5) is 30.4. The number of benzene rings is 1. The second-order valence-corrected chi connectivity index (χ2v) is 7.87. The van der Waals surface area contributed by atoms with Crippen molar-refractivity contribution in [1.29, 1.82) is 0 Å². The van der Waals surface area contributed by atoms with Gasteiger partial charge >= 0.3 is 0 Å². The molecule has 0 bridgehead atoms. The Hall–Kier alpha value is -3.59. The zero-order chi connectivity index (χ0) is 21.4. The molecule has 0 spiro atoms. The van der Waals surface area contributed by atoms with E-state index in [-0.39, 0.29) is 12.2 Å². The van der Waals surface area contributed by atoms with Crippen LogP contribution < -0.4 is 4.90 Å². The molecule has 0 atom stereocenters. The molecule has 9 nitrogen and oxygen atoms in total. The van der Waals surface area contributed by atoms with Crippen LogP contribution in [0.15, 0.2) is 47.5 Å². The van der Waals surface area contributed by atoms with E-state index >= 15 is 0 Å². The van der Waals surface area contributed by atoms with Gasteiger partial charge in [-0.1, -0.05) is 12.1 Å². The number of hydrogen-bond acceptors (Lipinski definition) is 8. The van der Waals surface area contributed by atoms with Crippen molar-refractivity contribution in [3.63, 3.8) is 0 Å². The number of hydrogen-bond donors (Lipinski definition) is 0. The average Bonchev–Trinajstić information content (AvgIpc) is 3.43. The van der Waals surface area contributed by atoms with E-state index in [9.17, 15) is 4.79 Å². The van der Waals surface area contributed by atoms with Gasteiger partial charge in [0.2, 0.25) is 0 Å². The minimum atomic E-state index is -0.160. The third kappa shape index (κ3) is 4.04. The largest absolute Gasteiger partial charge is 0.431 e. The van der Waals surface area contributed by atoms with Crippen LogP contribution in [0.4, 0.5) is 6.01 Å². The summed E-state index contributed by atoms with van der Waals surface area (Å²) in [7, 11) is 3.97. The number of Topliss-reactive ketones (excluding diaryl/α,β-unsaturated/α-hetero) is 1. The van der Waals surface area contributed by atoms with E-state index in [1.165, 1.54) is 6.26 Å². The minimum absolute atomic E-state index is 0.0712. The number of aryl methyl sites for hydroxylation is 1. The Morgan fingerprint density at radius 2 is 1.90 bits per heavy atom. The van der Waals surface area contributed by atoms with E-state index < -0.39 is 0 Å². The highest BCUT2D eigenvalue weighted by Crippen LogP contribution is 2.23. The van der Waals surface area contributed by atoms with Gasteiger partial charge in [0.25, 0.3) is 6.01 Å². The van der Waals surface area contributed by atoms with Gasteiger partial charge in [0, 0.05) is 56.6 Å². The van der Waals surface area contributed by atoms with E-state index in [2.05, 4.69) is 36.9 Å². The van der Waals surface area contributed by atoms with Crippen LogP contribution in [0.25, 0.3) is 22.0 Å². The van der Waals surface area contributed by atoms with Crippen molar-refractivity contribution in [1.82, 2.24) is 29.6 Å². The lowest BCUT2D eigenvalue weighted by molar-refractivity contribution is 0.0986. The molecule has 1 saturated heterocycles. The van der Waals surface area contributed by atoms with Crippen molar-refractivity contribution in [2.24, 2.45) is 7.05 Å². The number of oxazole rings is 1. The monoisotopic (exact) mass is 417 g/mol. The van der Waals surface area contributed by atoms with Crippen LogP contribution in [-0.2, 0) is 13.5 Å². The molecule has 1 aliphatic rings. The molecule has 0 aliphatic carbocycles. The van der Waals surface area contributed by atoms with Crippen LogP contribution in [0.1, 0.15) is 16.3 Å². The molecule has 0 radical (unpaired) electrons. The molecule has 9 heteroatoms. The van der Waals surface area contributed by atoms with Gasteiger partial charge < -0.3 is 14.2 Å². The summed E-state index contributed by atoms with van der Waals surface area (Å²) in [6, 6.07) is 6.48. The number of carbonyl (C=O) groups is 1. The fourth-order valence-corrected chi connectivity index (χ4v) is 3.67. The number of aromatic nitrogens is 5. The topological polar surface area (TPSA) is 93.2 Å². The van der Waals surface area contributed by atoms with Gasteiger partial charge in [-0.3, -0.25) is 9.48 Å². The zero-order valence-electron chi connectivity index (χ0n) is 17.5. The van der Waals surface area contributed by atoms with E-state index in [1.807, 2.05) is 37.6 Å². The fraction of sp³-hybridized carbons (Fsp3) is 0.318. The van der Waals surface area contributed by atoms with Crippen molar-refractivity contribution >= 4 is 22.7 Å². The van der Waals surface area contributed by atoms with Gasteiger partial charge in [-0.25, -0.2) is 9.97 Å². The zero-order valence-corrected chi connectivity index (χ0v) is 17.5. The normalized spacial score (nSPS) is 15.0. The molecule has 1 aromatic carbocycles. The number of fused-ring (bicyclic) bond motifs is 1. The first kappa shape index (κ1) is 19.4. The summed E-state index contributed by atoms with van der Waals surface area (Å²) >= 11 is 0. The van der Waals surface area contributed by atoms with Crippen molar-refractivity contribution in [3.8, 4) is 11.1 Å². The fourth-order valence-electron chi connectivity index (χ4n) is 3.67. The Labute approximate surface area is 179 Å². The molecule has 31 heavy (non-hydrogen) atoms. The predicted molar refractivity (Wildman–Crippen MR) is 116 cm³/mol. The van der Waals surface area contributed by atoms with Crippen LogP contribution in [0.3, 0.4) is 0 Å². The third-order valence-electron chi connectivity index (χ3n) is 5.54. The van der Waals surface area contributed by atoms with Gasteiger partial charge in [-0.15, -0.1) is 0 Å². The standard InChI is InChI=1S/C22H23N7O2/c1-27-5-7-29(8-6-27)22-26-19(14-31-22)20(30)10-21-23-11-16-4-3-15(9-18(16)25-21)17-12-24-28(2)13-17/h3-4,9,11-14H,5-8,10H2,1-2H3. The van der Waals surface area contributed by atoms with E-state index in [4.69, 9.17) is 4.42 Å². The first-order valence-corrected chi connectivity index (χ1v) is 10.2. The molecule has 158 valence electrons. The first-order valence-electron chi connectivity index (χ1n) is 10.2. The highest BCUT2D eigenvalue weighted by molar-refractivity contribution is 5.95. The molecule has 4 heterocycles. The van der Waals surface area contributed by atoms with Crippen LogP contribution in [0.2, 0.25) is 0 Å². The van der Waals surface area contributed by atoms with Crippen LogP contribution >= 0.6 is 0 Å². The Morgan fingerprint density at radius 1 is 1.06 bits per heavy atom. The minimum Gasteiger partial charge on any atom is -0.431 e. The average molecular weight is 417 g/mol. The quantitative estimate of drug-likeness (QED) is 0.456. The van der Waals surface area contributed by atoms with Crippen molar-refractivity contribution < 1.29 is 9.21 Å². The second kappa shape index (κ2) is 7.92. The lowest BCUT2D eigenvalue weighted by atomic mass is 10.1. The molecular weight excluding hydrogens is 394 g/mol. The molecule has 0 unspecified atom stereocenters. The van der Waals surface area contributed by atoms with Crippen molar-refractivity contribution in [3.05, 3.63) is 54.6 Å². The number of anilines is 1. The highest BCUT2D eigenvalue weighted by Gasteiger charge is 2.21. The van der Waals surface area contributed by atoms with Crippen LogP contribution in [0, 0.1) is 0 Å². The maximum atomic E-state index is 12.7. The molecule has 1 aliphatic heterocycles. The summed E-state index contributed by atoms with van der Waals surface area (Å²) in [6.45, 7) is 3.55. The second-order valence-electron chi connectivity index (χ2n) is 7.87. The molecule has 0 N–H and O–H groups in total. The molecule has 5 rings (SSSR count). The first-order chi connectivity index (χ1) is 15.0. The number of likely N-dealkylation sites (N-methyl/N-ethyl adjacent to an activating group) is 1. The van der Waals surface area contributed by atoms with Crippen LogP contribution in [0.5, 0.6) is 0 Å². The Morgan fingerprint density at radius 3 is 2.68 bits per heavy atom. The number of ketones is 1. The number of carbonyl (C=O) groups excluding carboxylic acids is 1.